The smallest absolute Gasteiger partial charge is 0.141 e. The third kappa shape index (κ3) is 6.68. The summed E-state index contributed by atoms with van der Waals surface area (Å²) in [4.78, 5) is 20.0. The van der Waals surface area contributed by atoms with Crippen LogP contribution in [0.5, 0.6) is 0 Å². The monoisotopic (exact) mass is 600 g/mol. The van der Waals surface area contributed by atoms with Crippen LogP contribution in [0.3, 0.4) is 0 Å². The van der Waals surface area contributed by atoms with Crippen LogP contribution < -0.4 is 10.2 Å². The zero-order valence-corrected chi connectivity index (χ0v) is 26.4. The average Bonchev–Trinajstić information content (AvgIpc) is 3.45. The fraction of sp³-hybridized carbons (Fsp3) is 0.385. The zero-order valence-electron chi connectivity index (χ0n) is 26.4. The Morgan fingerprint density at radius 1 is 0.933 bits per heavy atom. The molecule has 5 aromatic rings. The minimum Gasteiger partial charge on any atom is -0.378 e. The molecule has 1 saturated carbocycles. The van der Waals surface area contributed by atoms with Crippen LogP contribution in [0.4, 0.5) is 5.69 Å². The van der Waals surface area contributed by atoms with E-state index >= 15 is 0 Å². The normalized spacial score (nSPS) is 16.8. The first-order chi connectivity index (χ1) is 22.1. The van der Waals surface area contributed by atoms with E-state index in [0.717, 1.165) is 60.8 Å². The van der Waals surface area contributed by atoms with Gasteiger partial charge in [0.1, 0.15) is 11.6 Å². The molecule has 7 rings (SSSR count). The summed E-state index contributed by atoms with van der Waals surface area (Å²) in [5, 5.41) is 6.29. The number of ether oxygens (including phenoxy) is 1. The van der Waals surface area contributed by atoms with Crippen molar-refractivity contribution in [1.29, 1.82) is 0 Å². The van der Waals surface area contributed by atoms with Crippen molar-refractivity contribution in [3.05, 3.63) is 96.1 Å². The van der Waals surface area contributed by atoms with Gasteiger partial charge in [0.25, 0.3) is 0 Å². The Bertz CT molecular complexity index is 1760. The van der Waals surface area contributed by atoms with E-state index in [4.69, 9.17) is 9.72 Å². The maximum atomic E-state index is 12.4. The highest BCUT2D eigenvalue weighted by Gasteiger charge is 2.21. The molecule has 0 amide bonds. The van der Waals surface area contributed by atoms with Crippen molar-refractivity contribution < 1.29 is 9.53 Å². The number of hydrogen-bond acceptors (Lipinski definition) is 5. The van der Waals surface area contributed by atoms with E-state index in [9.17, 15) is 4.79 Å². The molecule has 1 aromatic heterocycles. The Morgan fingerprint density at radius 2 is 1.71 bits per heavy atom. The minimum absolute atomic E-state index is 0.00620. The van der Waals surface area contributed by atoms with Crippen LogP contribution >= 0.6 is 0 Å². The average molecular weight is 601 g/mol. The van der Waals surface area contributed by atoms with Crippen molar-refractivity contribution in [3.63, 3.8) is 0 Å². The molecule has 2 aliphatic rings. The number of anilines is 1. The maximum absolute atomic E-state index is 12.4. The Kier molecular flexibility index (Phi) is 8.94. The van der Waals surface area contributed by atoms with E-state index < -0.39 is 0 Å². The number of nitrogens with zero attached hydrogens (tertiary/aromatic N) is 3. The standard InChI is InChI=1S/C39H44N4O2/c1-28(44)24-36(40-26-29-8-3-2-4-9-29)32-16-19-38-37(25-32)41-39(31-14-17-34(18-15-31)42-20-22-45-23-21-42)43(38)27-33-12-7-11-30-10-5-6-13-35(30)33/h5-7,10-19,25,29,36,40H,2-4,8-9,20-24,26-27H2,1H3. The second kappa shape index (κ2) is 13.6. The second-order valence-corrected chi connectivity index (χ2v) is 12.9. The van der Waals surface area contributed by atoms with Gasteiger partial charge in [-0.15, -0.1) is 0 Å². The van der Waals surface area contributed by atoms with Gasteiger partial charge in [-0.2, -0.15) is 0 Å². The highest BCUT2D eigenvalue weighted by Crippen LogP contribution is 2.32. The lowest BCUT2D eigenvalue weighted by atomic mass is 9.89. The van der Waals surface area contributed by atoms with Crippen molar-refractivity contribution in [2.24, 2.45) is 5.92 Å². The molecule has 2 fully saturated rings. The van der Waals surface area contributed by atoms with E-state index in [1.54, 1.807) is 6.92 Å². The molecule has 0 radical (unpaired) electrons. The molecular weight excluding hydrogens is 556 g/mol. The Hall–Kier alpha value is -4.00. The first kappa shape index (κ1) is 29.7. The van der Waals surface area contributed by atoms with Crippen molar-refractivity contribution in [3.8, 4) is 11.4 Å². The van der Waals surface area contributed by atoms with Crippen LogP contribution in [-0.2, 0) is 16.1 Å². The predicted molar refractivity (Wildman–Crippen MR) is 184 cm³/mol. The molecule has 232 valence electrons. The van der Waals surface area contributed by atoms with Gasteiger partial charge in [-0.3, -0.25) is 4.79 Å². The Morgan fingerprint density at radius 3 is 2.51 bits per heavy atom. The highest BCUT2D eigenvalue weighted by molar-refractivity contribution is 5.87. The number of Topliss-reactive ketones (excluding diaryl/α,β-unsaturated/α-hetero) is 1. The molecule has 1 N–H and O–H groups in total. The summed E-state index contributed by atoms with van der Waals surface area (Å²) in [6.07, 6.45) is 7.05. The fourth-order valence-corrected chi connectivity index (χ4v) is 7.28. The number of aromatic nitrogens is 2. The van der Waals surface area contributed by atoms with Crippen LogP contribution in [-0.4, -0.2) is 48.2 Å². The molecule has 0 bridgehead atoms. The SMILES string of the molecule is CC(=O)CC(NCC1CCCCC1)c1ccc2c(c1)nc(-c1ccc(N3CCOCC3)cc1)n2Cc1cccc2ccccc12. The molecule has 1 aliphatic heterocycles. The molecule has 1 aliphatic carbocycles. The molecule has 4 aromatic carbocycles. The topological polar surface area (TPSA) is 59.4 Å². The van der Waals surface area contributed by atoms with Gasteiger partial charge >= 0.3 is 0 Å². The molecule has 0 spiro atoms. The number of morpholine rings is 1. The third-order valence-electron chi connectivity index (χ3n) is 9.75. The van der Waals surface area contributed by atoms with Crippen molar-refractivity contribution in [2.75, 3.05) is 37.7 Å². The van der Waals surface area contributed by atoms with E-state index in [1.165, 1.54) is 54.1 Å². The molecule has 1 atom stereocenters. The van der Waals surface area contributed by atoms with Gasteiger partial charge < -0.3 is 19.5 Å². The summed E-state index contributed by atoms with van der Waals surface area (Å²) in [5.41, 5.74) is 6.79. The number of fused-ring (bicyclic) bond motifs is 2. The van der Waals surface area contributed by atoms with E-state index in [2.05, 4.69) is 99.7 Å². The number of rotatable bonds is 10. The van der Waals surface area contributed by atoms with Crippen LogP contribution in [0, 0.1) is 5.92 Å². The maximum Gasteiger partial charge on any atom is 0.141 e. The van der Waals surface area contributed by atoms with Gasteiger partial charge in [0, 0.05) is 36.8 Å². The molecule has 6 nitrogen and oxygen atoms in total. The largest absolute Gasteiger partial charge is 0.378 e. The highest BCUT2D eigenvalue weighted by atomic mass is 16.5. The summed E-state index contributed by atoms with van der Waals surface area (Å²) in [7, 11) is 0. The molecule has 2 heterocycles. The van der Waals surface area contributed by atoms with Crippen molar-refractivity contribution >= 4 is 33.3 Å². The van der Waals surface area contributed by atoms with Gasteiger partial charge in [0.05, 0.1) is 30.8 Å². The first-order valence-electron chi connectivity index (χ1n) is 16.7. The number of benzene rings is 4. The number of nitrogens with one attached hydrogen (secondary N) is 1. The number of ketones is 1. The molecule has 1 saturated heterocycles. The van der Waals surface area contributed by atoms with Crippen LogP contribution in [0.25, 0.3) is 33.2 Å². The third-order valence-corrected chi connectivity index (χ3v) is 9.75. The summed E-state index contributed by atoms with van der Waals surface area (Å²) in [6.45, 7) is 6.75. The van der Waals surface area contributed by atoms with Crippen LogP contribution in [0.1, 0.15) is 62.6 Å². The predicted octanol–water partition coefficient (Wildman–Crippen LogP) is 7.93. The number of carbonyl (C=O) groups excluding carboxylic acids is 1. The summed E-state index contributed by atoms with van der Waals surface area (Å²) < 4.78 is 7.93. The van der Waals surface area contributed by atoms with Crippen LogP contribution in [0.2, 0.25) is 0 Å². The number of hydrogen-bond donors (Lipinski definition) is 1. The van der Waals surface area contributed by atoms with E-state index in [-0.39, 0.29) is 11.8 Å². The second-order valence-electron chi connectivity index (χ2n) is 12.9. The first-order valence-corrected chi connectivity index (χ1v) is 16.7. The van der Waals surface area contributed by atoms with Gasteiger partial charge in [-0.25, -0.2) is 4.98 Å². The molecule has 6 heteroatoms. The Labute approximate surface area is 266 Å². The quantitative estimate of drug-likeness (QED) is 0.176. The van der Waals surface area contributed by atoms with Gasteiger partial charge in [-0.1, -0.05) is 67.8 Å². The Balaban J connectivity index is 1.26. The number of imidazole rings is 1. The van der Waals surface area contributed by atoms with Gasteiger partial charge in [0.15, 0.2) is 0 Å². The number of carbonyl (C=O) groups is 1. The van der Waals surface area contributed by atoms with Crippen molar-refractivity contribution in [2.45, 2.75) is 58.0 Å². The van der Waals surface area contributed by atoms with E-state index in [0.29, 0.717) is 18.9 Å². The lowest BCUT2D eigenvalue weighted by Crippen LogP contribution is -2.36. The molecule has 45 heavy (non-hydrogen) atoms. The van der Waals surface area contributed by atoms with Crippen molar-refractivity contribution in [1.82, 2.24) is 14.9 Å². The molecule has 1 unspecified atom stereocenters. The lowest BCUT2D eigenvalue weighted by molar-refractivity contribution is -0.117. The summed E-state index contributed by atoms with van der Waals surface area (Å²) in [5.74, 6) is 1.87. The minimum atomic E-state index is -0.00620. The molecular formula is C39H44N4O2. The summed E-state index contributed by atoms with van der Waals surface area (Å²) in [6, 6.07) is 30.6. The zero-order chi connectivity index (χ0) is 30.6. The lowest BCUT2D eigenvalue weighted by Gasteiger charge is -2.28. The van der Waals surface area contributed by atoms with E-state index in [1.807, 2.05) is 0 Å². The fourth-order valence-electron chi connectivity index (χ4n) is 7.28. The van der Waals surface area contributed by atoms with Crippen LogP contribution in [0.15, 0.2) is 84.9 Å². The summed E-state index contributed by atoms with van der Waals surface area (Å²) >= 11 is 0. The van der Waals surface area contributed by atoms with Gasteiger partial charge in [-0.05, 0) is 90.5 Å². The van der Waals surface area contributed by atoms with Gasteiger partial charge in [0.2, 0.25) is 0 Å².